The van der Waals surface area contributed by atoms with Gasteiger partial charge in [-0.2, -0.15) is 0 Å². The third-order valence-corrected chi connectivity index (χ3v) is 6.20. The quantitative estimate of drug-likeness (QED) is 0.568. The van der Waals surface area contributed by atoms with Crippen LogP contribution < -0.4 is 9.46 Å². The summed E-state index contributed by atoms with van der Waals surface area (Å²) in [6.45, 7) is 4.47. The summed E-state index contributed by atoms with van der Waals surface area (Å²) in [7, 11) is -2.26. The zero-order valence-electron chi connectivity index (χ0n) is 16.5. The summed E-state index contributed by atoms with van der Waals surface area (Å²) in [4.78, 5) is 0.185. The molecule has 0 aliphatic heterocycles. The maximum atomic E-state index is 13.6. The molecule has 0 fully saturated rings. The van der Waals surface area contributed by atoms with Crippen molar-refractivity contribution < 1.29 is 17.5 Å². The maximum Gasteiger partial charge on any atom is 0.240 e. The van der Waals surface area contributed by atoms with Crippen molar-refractivity contribution in [3.05, 3.63) is 59.7 Å². The molecule has 29 heavy (non-hydrogen) atoms. The molecule has 0 aliphatic rings. The minimum absolute atomic E-state index is 0.185. The van der Waals surface area contributed by atoms with Gasteiger partial charge in [-0.15, -0.1) is 5.10 Å². The molecule has 0 spiro atoms. The van der Waals surface area contributed by atoms with E-state index in [1.807, 2.05) is 13.0 Å². The molecule has 3 rings (SSSR count). The summed E-state index contributed by atoms with van der Waals surface area (Å²) >= 11 is 0. The lowest BCUT2D eigenvalue weighted by Gasteiger charge is -2.16. The first-order chi connectivity index (χ1) is 13.8. The molecule has 3 aromatic rings. The van der Waals surface area contributed by atoms with Gasteiger partial charge in [0.2, 0.25) is 10.0 Å². The van der Waals surface area contributed by atoms with Crippen LogP contribution in [0.2, 0.25) is 0 Å². The van der Waals surface area contributed by atoms with Crippen molar-refractivity contribution in [3.63, 3.8) is 0 Å². The van der Waals surface area contributed by atoms with Crippen molar-refractivity contribution in [1.29, 1.82) is 0 Å². The van der Waals surface area contributed by atoms with Crippen LogP contribution in [0.5, 0.6) is 5.75 Å². The van der Waals surface area contributed by atoms with Crippen molar-refractivity contribution in [2.24, 2.45) is 0 Å². The number of hydrogen-bond donors (Lipinski definition) is 1. The number of ether oxygens (including phenoxy) is 1. The predicted molar refractivity (Wildman–Crippen MR) is 108 cm³/mol. The Kier molecular flexibility index (Phi) is 6.29. The van der Waals surface area contributed by atoms with Crippen LogP contribution in [0.4, 0.5) is 4.39 Å². The molecule has 9 heteroatoms. The minimum atomic E-state index is -3.72. The van der Waals surface area contributed by atoms with Crippen LogP contribution in [-0.4, -0.2) is 37.1 Å². The summed E-state index contributed by atoms with van der Waals surface area (Å²) in [5.74, 6) is -0.0710. The lowest BCUT2D eigenvalue weighted by atomic mass is 9.98. The number of nitrogens with zero attached hydrogens (tertiary/aromatic N) is 3. The first kappa shape index (κ1) is 20.9. The number of sulfonamides is 1. The Bertz CT molecular complexity index is 1100. The average molecular weight is 418 g/mol. The van der Waals surface area contributed by atoms with Gasteiger partial charge in [-0.3, -0.25) is 4.68 Å². The monoisotopic (exact) mass is 418 g/mol. The van der Waals surface area contributed by atoms with Crippen molar-refractivity contribution in [2.75, 3.05) is 13.7 Å². The Hall–Kier alpha value is -2.78. The molecule has 0 unspecified atom stereocenters. The molecular formula is C20H23FN4O3S. The molecule has 7 nitrogen and oxygen atoms in total. The van der Waals surface area contributed by atoms with Gasteiger partial charge >= 0.3 is 0 Å². The molecule has 0 atom stereocenters. The largest absolute Gasteiger partial charge is 0.496 e. The summed E-state index contributed by atoms with van der Waals surface area (Å²) in [5, 5.41) is 7.57. The van der Waals surface area contributed by atoms with E-state index in [1.54, 1.807) is 36.1 Å². The highest BCUT2D eigenvalue weighted by atomic mass is 32.2. The van der Waals surface area contributed by atoms with E-state index < -0.39 is 15.8 Å². The second kappa shape index (κ2) is 8.71. The zero-order chi connectivity index (χ0) is 21.0. The van der Waals surface area contributed by atoms with Gasteiger partial charge in [0.1, 0.15) is 11.6 Å². The molecular weight excluding hydrogens is 395 g/mol. The van der Waals surface area contributed by atoms with Crippen molar-refractivity contribution in [2.45, 2.75) is 31.7 Å². The molecule has 0 amide bonds. The topological polar surface area (TPSA) is 86.1 Å². The van der Waals surface area contributed by atoms with E-state index >= 15 is 0 Å². The number of methoxy groups -OCH3 is 1. The SMILES string of the molecule is COc1cc(F)ccc1-c1cc(S(=O)(=O)NCCCn2ccnn2)c(C)cc1C. The van der Waals surface area contributed by atoms with Gasteiger partial charge in [-0.25, -0.2) is 17.5 Å². The average Bonchev–Trinajstić information content (AvgIpc) is 3.19. The fraction of sp³-hybridized carbons (Fsp3) is 0.300. The molecule has 1 heterocycles. The minimum Gasteiger partial charge on any atom is -0.496 e. The lowest BCUT2D eigenvalue weighted by Crippen LogP contribution is -2.26. The number of aromatic nitrogens is 3. The van der Waals surface area contributed by atoms with Crippen LogP contribution >= 0.6 is 0 Å². The molecule has 0 aliphatic carbocycles. The van der Waals surface area contributed by atoms with Gasteiger partial charge in [0.05, 0.1) is 18.2 Å². The second-order valence-corrected chi connectivity index (χ2v) is 8.43. The van der Waals surface area contributed by atoms with E-state index in [0.717, 1.165) is 5.56 Å². The maximum absolute atomic E-state index is 13.6. The van der Waals surface area contributed by atoms with Gasteiger partial charge in [0.15, 0.2) is 0 Å². The summed E-state index contributed by atoms with van der Waals surface area (Å²) in [6, 6.07) is 7.62. The normalized spacial score (nSPS) is 11.6. The number of hydrogen-bond acceptors (Lipinski definition) is 5. The number of halogens is 1. The number of aryl methyl sites for hydroxylation is 3. The zero-order valence-corrected chi connectivity index (χ0v) is 17.3. The third kappa shape index (κ3) is 4.80. The Morgan fingerprint density at radius 3 is 2.62 bits per heavy atom. The lowest BCUT2D eigenvalue weighted by molar-refractivity contribution is 0.413. The summed E-state index contributed by atoms with van der Waals surface area (Å²) in [5.41, 5.74) is 2.82. The van der Waals surface area contributed by atoms with Crippen LogP contribution in [0.1, 0.15) is 17.5 Å². The number of benzene rings is 2. The van der Waals surface area contributed by atoms with Gasteiger partial charge in [-0.1, -0.05) is 11.3 Å². The van der Waals surface area contributed by atoms with E-state index in [9.17, 15) is 12.8 Å². The Morgan fingerprint density at radius 2 is 1.93 bits per heavy atom. The molecule has 0 bridgehead atoms. The third-order valence-electron chi connectivity index (χ3n) is 4.59. The standard InChI is InChI=1S/C20H23FN4O3S/c1-14-11-15(2)20(13-18(14)17-6-5-16(21)12-19(17)28-3)29(26,27)23-7-4-9-25-10-8-22-24-25/h5-6,8,10-13,23H,4,7,9H2,1-3H3. The highest BCUT2D eigenvalue weighted by Crippen LogP contribution is 2.35. The van der Waals surface area contributed by atoms with Crippen LogP contribution in [0.25, 0.3) is 11.1 Å². The van der Waals surface area contributed by atoms with Gasteiger partial charge in [0, 0.05) is 30.9 Å². The molecule has 0 radical (unpaired) electrons. The predicted octanol–water partition coefficient (Wildman–Crippen LogP) is 3.08. The van der Waals surface area contributed by atoms with E-state index in [0.29, 0.717) is 35.4 Å². The van der Waals surface area contributed by atoms with Crippen molar-refractivity contribution in [3.8, 4) is 16.9 Å². The Labute approximate surface area is 169 Å². The highest BCUT2D eigenvalue weighted by Gasteiger charge is 2.20. The Balaban J connectivity index is 1.86. The van der Waals surface area contributed by atoms with Crippen LogP contribution in [-0.2, 0) is 16.6 Å². The fourth-order valence-electron chi connectivity index (χ4n) is 3.18. The van der Waals surface area contributed by atoms with Crippen molar-refractivity contribution in [1.82, 2.24) is 19.7 Å². The van der Waals surface area contributed by atoms with Gasteiger partial charge in [-0.05, 0) is 55.2 Å². The highest BCUT2D eigenvalue weighted by molar-refractivity contribution is 7.89. The smallest absolute Gasteiger partial charge is 0.240 e. The van der Waals surface area contributed by atoms with Crippen LogP contribution in [0.3, 0.4) is 0 Å². The van der Waals surface area contributed by atoms with E-state index in [4.69, 9.17) is 4.74 Å². The molecule has 1 aromatic heterocycles. The Morgan fingerprint density at radius 1 is 1.14 bits per heavy atom. The van der Waals surface area contributed by atoms with Gasteiger partial charge in [0.25, 0.3) is 0 Å². The summed E-state index contributed by atoms with van der Waals surface area (Å²) in [6.07, 6.45) is 3.87. The molecule has 1 N–H and O–H groups in total. The first-order valence-electron chi connectivity index (χ1n) is 9.11. The van der Waals surface area contributed by atoms with Crippen molar-refractivity contribution >= 4 is 10.0 Å². The number of rotatable bonds is 8. The van der Waals surface area contributed by atoms with Crippen LogP contribution in [0, 0.1) is 19.7 Å². The summed E-state index contributed by atoms with van der Waals surface area (Å²) < 4.78 is 48.9. The second-order valence-electron chi connectivity index (χ2n) is 6.69. The fourth-order valence-corrected chi connectivity index (χ4v) is 4.50. The molecule has 154 valence electrons. The van der Waals surface area contributed by atoms with E-state index in [1.165, 1.54) is 19.2 Å². The van der Waals surface area contributed by atoms with Crippen LogP contribution in [0.15, 0.2) is 47.6 Å². The van der Waals surface area contributed by atoms with E-state index in [2.05, 4.69) is 15.0 Å². The van der Waals surface area contributed by atoms with E-state index in [-0.39, 0.29) is 11.4 Å². The first-order valence-corrected chi connectivity index (χ1v) is 10.6. The molecule has 2 aromatic carbocycles. The molecule has 0 saturated heterocycles. The van der Waals surface area contributed by atoms with Gasteiger partial charge < -0.3 is 4.74 Å². The number of nitrogens with one attached hydrogen (secondary N) is 1. The molecule has 0 saturated carbocycles.